The largest absolute Gasteiger partial charge is 0.374 e. The molecule has 17 heavy (non-hydrogen) atoms. The molecular formula is C14H26N2O. The van der Waals surface area contributed by atoms with E-state index in [4.69, 9.17) is 11.2 Å². The van der Waals surface area contributed by atoms with Crippen molar-refractivity contribution in [3.8, 4) is 12.3 Å². The van der Waals surface area contributed by atoms with Crippen LogP contribution in [0.1, 0.15) is 33.6 Å². The molecule has 1 aliphatic heterocycles. The summed E-state index contributed by atoms with van der Waals surface area (Å²) in [4.78, 5) is 2.46. The number of morpholine rings is 1. The lowest BCUT2D eigenvalue weighted by atomic mass is 10.0. The highest BCUT2D eigenvalue weighted by atomic mass is 16.5. The Morgan fingerprint density at radius 1 is 1.53 bits per heavy atom. The van der Waals surface area contributed by atoms with Crippen LogP contribution in [0.3, 0.4) is 0 Å². The van der Waals surface area contributed by atoms with E-state index in [0.717, 1.165) is 39.1 Å². The van der Waals surface area contributed by atoms with Gasteiger partial charge in [-0.05, 0) is 26.8 Å². The molecule has 1 rings (SSSR count). The number of nitrogens with zero attached hydrogens (tertiary/aromatic N) is 1. The maximum Gasteiger partial charge on any atom is 0.0864 e. The highest BCUT2D eigenvalue weighted by molar-refractivity contribution is 4.95. The summed E-state index contributed by atoms with van der Waals surface area (Å²) in [5.74, 6) is 2.76. The van der Waals surface area contributed by atoms with Gasteiger partial charge in [-0.15, -0.1) is 12.3 Å². The van der Waals surface area contributed by atoms with Crippen LogP contribution in [-0.2, 0) is 4.74 Å². The summed E-state index contributed by atoms with van der Waals surface area (Å²) >= 11 is 0. The van der Waals surface area contributed by atoms with Gasteiger partial charge in [0.05, 0.1) is 12.7 Å². The Morgan fingerprint density at radius 2 is 2.29 bits per heavy atom. The van der Waals surface area contributed by atoms with Gasteiger partial charge in [0.15, 0.2) is 0 Å². The molecule has 0 aromatic rings. The molecule has 1 N–H and O–H groups in total. The van der Waals surface area contributed by atoms with Crippen LogP contribution in [-0.4, -0.2) is 49.3 Å². The molecular weight excluding hydrogens is 212 g/mol. The Labute approximate surface area is 106 Å². The second-order valence-electron chi connectivity index (χ2n) is 4.97. The van der Waals surface area contributed by atoms with Gasteiger partial charge in [0, 0.05) is 31.6 Å². The average Bonchev–Trinajstić information content (AvgIpc) is 2.34. The van der Waals surface area contributed by atoms with Crippen LogP contribution in [0.4, 0.5) is 0 Å². The Balaban J connectivity index is 2.51. The van der Waals surface area contributed by atoms with Gasteiger partial charge in [-0.1, -0.05) is 6.92 Å². The molecule has 0 amide bonds. The fourth-order valence-corrected chi connectivity index (χ4v) is 2.20. The third-order valence-corrected chi connectivity index (χ3v) is 3.30. The molecule has 0 aromatic heterocycles. The van der Waals surface area contributed by atoms with E-state index in [1.54, 1.807) is 0 Å². The van der Waals surface area contributed by atoms with Crippen molar-refractivity contribution < 1.29 is 4.74 Å². The summed E-state index contributed by atoms with van der Waals surface area (Å²) in [6.07, 6.45) is 7.55. The Morgan fingerprint density at radius 3 is 2.88 bits per heavy atom. The van der Waals surface area contributed by atoms with E-state index in [0.29, 0.717) is 12.1 Å². The summed E-state index contributed by atoms with van der Waals surface area (Å²) in [6, 6.07) is 0.876. The fourth-order valence-electron chi connectivity index (χ4n) is 2.20. The van der Waals surface area contributed by atoms with Crippen molar-refractivity contribution in [3.63, 3.8) is 0 Å². The number of hydrogen-bond acceptors (Lipinski definition) is 3. The van der Waals surface area contributed by atoms with Gasteiger partial charge in [-0.3, -0.25) is 4.90 Å². The second kappa shape index (κ2) is 7.71. The van der Waals surface area contributed by atoms with Crippen LogP contribution in [0, 0.1) is 12.3 Å². The van der Waals surface area contributed by atoms with Crippen molar-refractivity contribution in [2.24, 2.45) is 0 Å². The van der Waals surface area contributed by atoms with Crippen LogP contribution in [0.5, 0.6) is 0 Å². The zero-order valence-electron chi connectivity index (χ0n) is 11.4. The van der Waals surface area contributed by atoms with Gasteiger partial charge >= 0.3 is 0 Å². The monoisotopic (exact) mass is 238 g/mol. The number of ether oxygens (including phenoxy) is 1. The van der Waals surface area contributed by atoms with Gasteiger partial charge in [-0.25, -0.2) is 0 Å². The van der Waals surface area contributed by atoms with Crippen molar-refractivity contribution in [2.75, 3.05) is 26.2 Å². The third-order valence-electron chi connectivity index (χ3n) is 3.30. The molecule has 3 nitrogen and oxygen atoms in total. The lowest BCUT2D eigenvalue weighted by Crippen LogP contribution is -2.53. The predicted molar refractivity (Wildman–Crippen MR) is 72.0 cm³/mol. The molecule has 3 heteroatoms. The van der Waals surface area contributed by atoms with E-state index in [1.807, 2.05) is 0 Å². The van der Waals surface area contributed by atoms with Crippen LogP contribution in [0.25, 0.3) is 0 Å². The van der Waals surface area contributed by atoms with Crippen LogP contribution < -0.4 is 5.32 Å². The maximum atomic E-state index is 5.87. The van der Waals surface area contributed by atoms with Crippen LogP contribution >= 0.6 is 0 Å². The molecule has 0 spiro atoms. The fraction of sp³-hybridized carbons (Fsp3) is 0.857. The molecule has 98 valence electrons. The first kappa shape index (κ1) is 14.5. The molecule has 1 aliphatic rings. The highest BCUT2D eigenvalue weighted by Gasteiger charge is 2.28. The van der Waals surface area contributed by atoms with E-state index >= 15 is 0 Å². The Kier molecular flexibility index (Phi) is 6.57. The quantitative estimate of drug-likeness (QED) is 0.710. The first-order valence-corrected chi connectivity index (χ1v) is 6.71. The normalized spacial score (nSPS) is 23.6. The summed E-state index contributed by atoms with van der Waals surface area (Å²) in [5.41, 5.74) is 0. The Bertz CT molecular complexity index is 247. The number of terminal acetylenes is 1. The van der Waals surface area contributed by atoms with Crippen molar-refractivity contribution in [3.05, 3.63) is 0 Å². The molecule has 0 aromatic carbocycles. The summed E-state index contributed by atoms with van der Waals surface area (Å²) < 4.78 is 5.87. The molecule has 0 bridgehead atoms. The SMILES string of the molecule is C#CCC(NCCC)C1CN(C(C)C)CCO1. The molecule has 1 fully saturated rings. The minimum atomic E-state index is 0.230. The standard InChI is InChI=1S/C14H26N2O/c1-5-7-13(15-8-6-2)14-11-16(12(3)4)9-10-17-14/h1,12-15H,6-11H2,2-4H3. The van der Waals surface area contributed by atoms with E-state index in [1.165, 1.54) is 0 Å². The molecule has 0 aliphatic carbocycles. The summed E-state index contributed by atoms with van der Waals surface area (Å²) in [5, 5.41) is 3.51. The van der Waals surface area contributed by atoms with Crippen LogP contribution in [0.15, 0.2) is 0 Å². The molecule has 1 saturated heterocycles. The van der Waals surface area contributed by atoms with E-state index in [-0.39, 0.29) is 6.10 Å². The van der Waals surface area contributed by atoms with Gasteiger partial charge in [-0.2, -0.15) is 0 Å². The molecule has 1 heterocycles. The smallest absolute Gasteiger partial charge is 0.0864 e. The number of hydrogen-bond donors (Lipinski definition) is 1. The number of rotatable bonds is 6. The van der Waals surface area contributed by atoms with Crippen molar-refractivity contribution in [1.82, 2.24) is 10.2 Å². The van der Waals surface area contributed by atoms with Gasteiger partial charge < -0.3 is 10.1 Å². The van der Waals surface area contributed by atoms with Crippen LogP contribution in [0.2, 0.25) is 0 Å². The zero-order chi connectivity index (χ0) is 12.7. The lowest BCUT2D eigenvalue weighted by Gasteiger charge is -2.38. The predicted octanol–water partition coefficient (Wildman–Crippen LogP) is 1.49. The van der Waals surface area contributed by atoms with Gasteiger partial charge in [0.25, 0.3) is 0 Å². The molecule has 2 atom stereocenters. The van der Waals surface area contributed by atoms with E-state index in [2.05, 4.69) is 36.9 Å². The zero-order valence-corrected chi connectivity index (χ0v) is 11.4. The lowest BCUT2D eigenvalue weighted by molar-refractivity contribution is -0.0544. The summed E-state index contributed by atoms with van der Waals surface area (Å²) in [7, 11) is 0. The van der Waals surface area contributed by atoms with Crippen molar-refractivity contribution >= 4 is 0 Å². The minimum absolute atomic E-state index is 0.230. The van der Waals surface area contributed by atoms with E-state index in [9.17, 15) is 0 Å². The Hall–Kier alpha value is -0.560. The molecule has 0 radical (unpaired) electrons. The molecule has 2 unspecified atom stereocenters. The first-order valence-electron chi connectivity index (χ1n) is 6.71. The topological polar surface area (TPSA) is 24.5 Å². The highest BCUT2D eigenvalue weighted by Crippen LogP contribution is 2.13. The maximum absolute atomic E-state index is 5.87. The number of nitrogens with one attached hydrogen (secondary N) is 1. The third kappa shape index (κ3) is 4.67. The average molecular weight is 238 g/mol. The summed E-state index contributed by atoms with van der Waals surface area (Å²) in [6.45, 7) is 10.5. The first-order chi connectivity index (χ1) is 8.19. The van der Waals surface area contributed by atoms with Gasteiger partial charge in [0.1, 0.15) is 0 Å². The molecule has 0 saturated carbocycles. The van der Waals surface area contributed by atoms with Crippen molar-refractivity contribution in [1.29, 1.82) is 0 Å². The minimum Gasteiger partial charge on any atom is -0.374 e. The second-order valence-corrected chi connectivity index (χ2v) is 4.97. The van der Waals surface area contributed by atoms with Gasteiger partial charge in [0.2, 0.25) is 0 Å². The van der Waals surface area contributed by atoms with Crippen molar-refractivity contribution in [2.45, 2.75) is 51.8 Å². The van der Waals surface area contributed by atoms with E-state index < -0.39 is 0 Å².